The standard InChI is InChI=1S/C19H12N2O3S/c22-17(12-6-2-1-3-7-12)14-10-11-15(24-14)18(23)21-19-20-13-8-4-5-9-16(13)25-19/h1-11H,(H,20,21,23). The summed E-state index contributed by atoms with van der Waals surface area (Å²) in [6.07, 6.45) is 0. The number of rotatable bonds is 4. The predicted molar refractivity (Wildman–Crippen MR) is 96.2 cm³/mol. The van der Waals surface area contributed by atoms with Crippen molar-refractivity contribution in [1.29, 1.82) is 0 Å². The lowest BCUT2D eigenvalue weighted by Crippen LogP contribution is -2.10. The van der Waals surface area contributed by atoms with E-state index >= 15 is 0 Å². The smallest absolute Gasteiger partial charge is 0.293 e. The molecule has 4 aromatic rings. The monoisotopic (exact) mass is 348 g/mol. The minimum absolute atomic E-state index is 0.0681. The fraction of sp³-hybridized carbons (Fsp3) is 0. The molecule has 0 fully saturated rings. The average Bonchev–Trinajstić information content (AvgIpc) is 3.28. The van der Waals surface area contributed by atoms with Crippen molar-refractivity contribution in [3.05, 3.63) is 83.8 Å². The molecular weight excluding hydrogens is 336 g/mol. The maximum atomic E-state index is 12.3. The van der Waals surface area contributed by atoms with Gasteiger partial charge in [0.05, 0.1) is 10.2 Å². The number of anilines is 1. The number of hydrogen-bond donors (Lipinski definition) is 1. The Labute approximate surface area is 146 Å². The highest BCUT2D eigenvalue weighted by molar-refractivity contribution is 7.22. The van der Waals surface area contributed by atoms with Gasteiger partial charge >= 0.3 is 0 Å². The van der Waals surface area contributed by atoms with Crippen LogP contribution in [0.25, 0.3) is 10.2 Å². The van der Waals surface area contributed by atoms with Gasteiger partial charge in [-0.15, -0.1) is 0 Å². The molecule has 0 aliphatic carbocycles. The summed E-state index contributed by atoms with van der Waals surface area (Å²) in [6, 6.07) is 19.4. The van der Waals surface area contributed by atoms with Gasteiger partial charge in [0.2, 0.25) is 5.78 Å². The third-order valence-corrected chi connectivity index (χ3v) is 4.56. The molecular formula is C19H12N2O3S. The third kappa shape index (κ3) is 3.07. The van der Waals surface area contributed by atoms with E-state index in [1.54, 1.807) is 24.3 Å². The minimum Gasteiger partial charge on any atom is -0.447 e. The van der Waals surface area contributed by atoms with Crippen LogP contribution < -0.4 is 5.32 Å². The highest BCUT2D eigenvalue weighted by Gasteiger charge is 2.18. The number of fused-ring (bicyclic) bond motifs is 1. The van der Waals surface area contributed by atoms with Gasteiger partial charge in [0.1, 0.15) is 0 Å². The Balaban J connectivity index is 1.53. The van der Waals surface area contributed by atoms with E-state index in [0.717, 1.165) is 10.2 Å². The van der Waals surface area contributed by atoms with Gasteiger partial charge in [-0.2, -0.15) is 0 Å². The molecule has 0 radical (unpaired) electrons. The number of carbonyl (C=O) groups is 2. The Morgan fingerprint density at radius 3 is 2.40 bits per heavy atom. The van der Waals surface area contributed by atoms with Crippen molar-refractivity contribution in [2.75, 3.05) is 5.32 Å². The van der Waals surface area contributed by atoms with Crippen LogP contribution in [0.15, 0.2) is 71.1 Å². The molecule has 0 unspecified atom stereocenters. The topological polar surface area (TPSA) is 72.2 Å². The highest BCUT2D eigenvalue weighted by Crippen LogP contribution is 2.26. The molecule has 0 aliphatic heterocycles. The first-order valence-corrected chi connectivity index (χ1v) is 8.39. The molecule has 6 heteroatoms. The van der Waals surface area contributed by atoms with Gasteiger partial charge in [-0.1, -0.05) is 53.8 Å². The van der Waals surface area contributed by atoms with Crippen LogP contribution in [0.5, 0.6) is 0 Å². The molecule has 122 valence electrons. The van der Waals surface area contributed by atoms with Crippen LogP contribution in [0.1, 0.15) is 26.7 Å². The molecule has 25 heavy (non-hydrogen) atoms. The van der Waals surface area contributed by atoms with Crippen LogP contribution in [0, 0.1) is 0 Å². The zero-order chi connectivity index (χ0) is 17.2. The van der Waals surface area contributed by atoms with Crippen molar-refractivity contribution in [2.24, 2.45) is 0 Å². The number of ketones is 1. The molecule has 2 aromatic heterocycles. The maximum absolute atomic E-state index is 12.3. The van der Waals surface area contributed by atoms with Gasteiger partial charge in [-0.25, -0.2) is 4.98 Å². The largest absolute Gasteiger partial charge is 0.447 e. The molecule has 0 atom stereocenters. The molecule has 0 bridgehead atoms. The molecule has 0 spiro atoms. The third-order valence-electron chi connectivity index (χ3n) is 3.60. The number of nitrogens with one attached hydrogen (secondary N) is 1. The van der Waals surface area contributed by atoms with Crippen molar-refractivity contribution in [1.82, 2.24) is 4.98 Å². The molecule has 1 amide bonds. The highest BCUT2D eigenvalue weighted by atomic mass is 32.1. The maximum Gasteiger partial charge on any atom is 0.293 e. The molecule has 2 heterocycles. The van der Waals surface area contributed by atoms with Crippen molar-refractivity contribution >= 4 is 38.4 Å². The summed E-state index contributed by atoms with van der Waals surface area (Å²) < 4.78 is 6.41. The summed E-state index contributed by atoms with van der Waals surface area (Å²) in [5.41, 5.74) is 1.33. The second-order valence-corrected chi connectivity index (χ2v) is 6.33. The second kappa shape index (κ2) is 6.33. The number of benzene rings is 2. The van der Waals surface area contributed by atoms with E-state index in [2.05, 4.69) is 10.3 Å². The van der Waals surface area contributed by atoms with Gasteiger partial charge in [0, 0.05) is 5.56 Å². The van der Waals surface area contributed by atoms with Crippen molar-refractivity contribution in [3.63, 3.8) is 0 Å². The Morgan fingerprint density at radius 1 is 0.880 bits per heavy atom. The lowest BCUT2D eigenvalue weighted by atomic mass is 10.1. The molecule has 0 saturated heterocycles. The van der Waals surface area contributed by atoms with Crippen LogP contribution in [-0.4, -0.2) is 16.7 Å². The number of furan rings is 1. The first kappa shape index (κ1) is 15.3. The molecule has 0 aliphatic rings. The Bertz CT molecular complexity index is 1030. The minimum atomic E-state index is -0.439. The lowest BCUT2D eigenvalue weighted by molar-refractivity contribution is 0.0979. The summed E-state index contributed by atoms with van der Waals surface area (Å²) in [5, 5.41) is 3.19. The summed E-state index contributed by atoms with van der Waals surface area (Å²) in [6.45, 7) is 0. The Kier molecular flexibility index (Phi) is 3.87. The van der Waals surface area contributed by atoms with Crippen LogP contribution in [0.3, 0.4) is 0 Å². The van der Waals surface area contributed by atoms with Gasteiger partial charge in [-0.3, -0.25) is 14.9 Å². The summed E-state index contributed by atoms with van der Waals surface area (Å²) in [4.78, 5) is 29.0. The van der Waals surface area contributed by atoms with Crippen molar-refractivity contribution in [3.8, 4) is 0 Å². The van der Waals surface area contributed by atoms with Crippen LogP contribution >= 0.6 is 11.3 Å². The van der Waals surface area contributed by atoms with Gasteiger partial charge < -0.3 is 4.42 Å². The number of hydrogen-bond acceptors (Lipinski definition) is 5. The second-order valence-electron chi connectivity index (χ2n) is 5.30. The number of carbonyl (C=O) groups excluding carboxylic acids is 2. The van der Waals surface area contributed by atoms with Crippen molar-refractivity contribution in [2.45, 2.75) is 0 Å². The van der Waals surface area contributed by atoms with Crippen LogP contribution in [-0.2, 0) is 0 Å². The van der Waals surface area contributed by atoms with Crippen molar-refractivity contribution < 1.29 is 14.0 Å². The van der Waals surface area contributed by atoms with E-state index in [0.29, 0.717) is 10.7 Å². The van der Waals surface area contributed by atoms with E-state index in [1.165, 1.54) is 23.5 Å². The quantitative estimate of drug-likeness (QED) is 0.556. The zero-order valence-corrected chi connectivity index (χ0v) is 13.7. The Morgan fingerprint density at radius 2 is 1.60 bits per heavy atom. The molecule has 4 rings (SSSR count). The fourth-order valence-electron chi connectivity index (χ4n) is 2.40. The van der Waals surface area contributed by atoms with Crippen LogP contribution in [0.2, 0.25) is 0 Å². The SMILES string of the molecule is O=C(Nc1nc2ccccc2s1)c1ccc(C(=O)c2ccccc2)o1. The van der Waals surface area contributed by atoms with E-state index < -0.39 is 5.91 Å². The first-order valence-electron chi connectivity index (χ1n) is 7.57. The zero-order valence-electron chi connectivity index (χ0n) is 12.9. The number of para-hydroxylation sites is 1. The van der Waals surface area contributed by atoms with E-state index in [-0.39, 0.29) is 17.3 Å². The average molecular weight is 348 g/mol. The Hall–Kier alpha value is -3.25. The summed E-state index contributed by atoms with van der Waals surface area (Å²) >= 11 is 1.38. The molecule has 0 saturated carbocycles. The molecule has 2 aromatic carbocycles. The number of amides is 1. The summed E-state index contributed by atoms with van der Waals surface area (Å²) in [5.74, 6) is -0.509. The van der Waals surface area contributed by atoms with Crippen LogP contribution in [0.4, 0.5) is 5.13 Å². The first-order chi connectivity index (χ1) is 12.2. The van der Waals surface area contributed by atoms with E-state index in [1.807, 2.05) is 30.3 Å². The van der Waals surface area contributed by atoms with E-state index in [9.17, 15) is 9.59 Å². The predicted octanol–water partition coefficient (Wildman–Crippen LogP) is 4.37. The fourth-order valence-corrected chi connectivity index (χ4v) is 3.26. The number of nitrogens with zero attached hydrogens (tertiary/aromatic N) is 1. The molecule has 5 nitrogen and oxygen atoms in total. The van der Waals surface area contributed by atoms with E-state index in [4.69, 9.17) is 4.42 Å². The summed E-state index contributed by atoms with van der Waals surface area (Å²) in [7, 11) is 0. The number of thiazole rings is 1. The van der Waals surface area contributed by atoms with Gasteiger partial charge in [0.15, 0.2) is 16.7 Å². The normalized spacial score (nSPS) is 10.7. The molecule has 1 N–H and O–H groups in total. The lowest BCUT2D eigenvalue weighted by Gasteiger charge is -1.98. The number of aromatic nitrogens is 1. The van der Waals surface area contributed by atoms with Gasteiger partial charge in [-0.05, 0) is 24.3 Å². The van der Waals surface area contributed by atoms with Gasteiger partial charge in [0.25, 0.3) is 5.91 Å².